The molecule has 0 aliphatic rings. The number of hydrogen-bond acceptors (Lipinski definition) is 2. The molecular formula is C12H14O3. The maximum absolute atomic E-state index is 10.4. The number of hydrogen-bond donors (Lipinski definition) is 1. The Morgan fingerprint density at radius 1 is 1.40 bits per heavy atom. The van der Waals surface area contributed by atoms with Crippen LogP contribution in [0.25, 0.3) is 5.57 Å². The number of ether oxygens (including phenoxy) is 1. The average Bonchev–Trinajstić information content (AvgIpc) is 2.26. The van der Waals surface area contributed by atoms with Gasteiger partial charge in [-0.3, -0.25) is 4.79 Å². The lowest BCUT2D eigenvalue weighted by molar-refractivity contribution is -0.135. The summed E-state index contributed by atoms with van der Waals surface area (Å²) >= 11 is 0. The van der Waals surface area contributed by atoms with Crippen molar-refractivity contribution in [3.8, 4) is 5.75 Å². The van der Waals surface area contributed by atoms with Crippen LogP contribution in [0.4, 0.5) is 0 Å². The molecule has 1 N–H and O–H groups in total. The zero-order valence-corrected chi connectivity index (χ0v) is 8.86. The summed E-state index contributed by atoms with van der Waals surface area (Å²) in [7, 11) is 1.61. The van der Waals surface area contributed by atoms with Crippen LogP contribution in [0.1, 0.15) is 18.9 Å². The monoisotopic (exact) mass is 206 g/mol. The highest BCUT2D eigenvalue weighted by atomic mass is 16.5. The van der Waals surface area contributed by atoms with Gasteiger partial charge in [-0.1, -0.05) is 18.2 Å². The lowest BCUT2D eigenvalue weighted by atomic mass is 10.1. The van der Waals surface area contributed by atoms with Gasteiger partial charge in [0.1, 0.15) is 5.75 Å². The predicted octanol–water partition coefficient (Wildman–Crippen LogP) is 2.57. The SMILES string of the molecule is COc1ccc(/C(C)=C/CC(=O)O)cc1. The van der Waals surface area contributed by atoms with Crippen LogP contribution >= 0.6 is 0 Å². The second-order valence-corrected chi connectivity index (χ2v) is 3.21. The minimum Gasteiger partial charge on any atom is -0.497 e. The topological polar surface area (TPSA) is 46.5 Å². The Bertz CT molecular complexity index is 363. The summed E-state index contributed by atoms with van der Waals surface area (Å²) in [6.07, 6.45) is 1.75. The summed E-state index contributed by atoms with van der Waals surface area (Å²) in [6, 6.07) is 7.53. The molecule has 0 spiro atoms. The maximum atomic E-state index is 10.4. The van der Waals surface area contributed by atoms with Crippen molar-refractivity contribution in [2.75, 3.05) is 7.11 Å². The van der Waals surface area contributed by atoms with E-state index in [4.69, 9.17) is 9.84 Å². The van der Waals surface area contributed by atoms with Crippen LogP contribution in [0.3, 0.4) is 0 Å². The van der Waals surface area contributed by atoms with Crippen molar-refractivity contribution in [2.24, 2.45) is 0 Å². The first-order chi connectivity index (χ1) is 7.13. The van der Waals surface area contributed by atoms with Crippen LogP contribution in [-0.2, 0) is 4.79 Å². The van der Waals surface area contributed by atoms with Crippen molar-refractivity contribution in [1.29, 1.82) is 0 Å². The summed E-state index contributed by atoms with van der Waals surface area (Å²) in [4.78, 5) is 10.4. The molecule has 1 aromatic carbocycles. The number of allylic oxidation sites excluding steroid dienone is 1. The highest BCUT2D eigenvalue weighted by Crippen LogP contribution is 2.18. The molecule has 80 valence electrons. The van der Waals surface area contributed by atoms with Gasteiger partial charge in [0.05, 0.1) is 13.5 Å². The van der Waals surface area contributed by atoms with E-state index in [1.807, 2.05) is 31.2 Å². The zero-order chi connectivity index (χ0) is 11.3. The van der Waals surface area contributed by atoms with Crippen LogP contribution in [-0.4, -0.2) is 18.2 Å². The zero-order valence-electron chi connectivity index (χ0n) is 8.86. The summed E-state index contributed by atoms with van der Waals surface area (Å²) < 4.78 is 5.03. The fraction of sp³-hybridized carbons (Fsp3) is 0.250. The van der Waals surface area contributed by atoms with Crippen molar-refractivity contribution in [2.45, 2.75) is 13.3 Å². The Morgan fingerprint density at radius 2 is 2.00 bits per heavy atom. The fourth-order valence-corrected chi connectivity index (χ4v) is 1.21. The highest BCUT2D eigenvalue weighted by molar-refractivity contribution is 5.73. The van der Waals surface area contributed by atoms with E-state index in [2.05, 4.69) is 0 Å². The number of benzene rings is 1. The van der Waals surface area contributed by atoms with Crippen LogP contribution in [0.2, 0.25) is 0 Å². The molecule has 0 heterocycles. The van der Waals surface area contributed by atoms with Crippen molar-refractivity contribution >= 4 is 11.5 Å². The number of rotatable bonds is 4. The molecule has 0 aromatic heterocycles. The third-order valence-corrected chi connectivity index (χ3v) is 2.13. The Labute approximate surface area is 89.0 Å². The Kier molecular flexibility index (Phi) is 3.92. The molecule has 0 saturated carbocycles. The highest BCUT2D eigenvalue weighted by Gasteiger charge is 1.98. The molecular weight excluding hydrogens is 192 g/mol. The standard InChI is InChI=1S/C12H14O3/c1-9(3-8-12(13)14)10-4-6-11(15-2)7-5-10/h3-7H,8H2,1-2H3,(H,13,14)/b9-3+. The first kappa shape index (κ1) is 11.3. The van der Waals surface area contributed by atoms with Gasteiger partial charge in [-0.2, -0.15) is 0 Å². The van der Waals surface area contributed by atoms with Crippen LogP contribution in [0.15, 0.2) is 30.3 Å². The van der Waals surface area contributed by atoms with Crippen LogP contribution < -0.4 is 4.74 Å². The normalized spacial score (nSPS) is 11.2. The summed E-state index contributed by atoms with van der Waals surface area (Å²) in [6.45, 7) is 1.89. The molecule has 1 rings (SSSR count). The Morgan fingerprint density at radius 3 is 2.47 bits per heavy atom. The number of carboxylic acids is 1. The Hall–Kier alpha value is -1.77. The third-order valence-electron chi connectivity index (χ3n) is 2.13. The Balaban J connectivity index is 2.77. The summed E-state index contributed by atoms with van der Waals surface area (Å²) in [5, 5.41) is 8.53. The van der Waals surface area contributed by atoms with Crippen molar-refractivity contribution < 1.29 is 14.6 Å². The summed E-state index contributed by atoms with van der Waals surface area (Å²) in [5.41, 5.74) is 1.97. The largest absolute Gasteiger partial charge is 0.497 e. The van der Waals surface area contributed by atoms with Crippen LogP contribution in [0.5, 0.6) is 5.75 Å². The van der Waals surface area contributed by atoms with Crippen molar-refractivity contribution in [1.82, 2.24) is 0 Å². The van der Waals surface area contributed by atoms with Gasteiger partial charge in [0.25, 0.3) is 0 Å². The lowest BCUT2D eigenvalue weighted by Crippen LogP contribution is -1.91. The van der Waals surface area contributed by atoms with E-state index >= 15 is 0 Å². The molecule has 0 radical (unpaired) electrons. The van der Waals surface area contributed by atoms with Gasteiger partial charge in [0.15, 0.2) is 0 Å². The number of carbonyl (C=O) groups is 1. The second-order valence-electron chi connectivity index (χ2n) is 3.21. The van der Waals surface area contributed by atoms with Gasteiger partial charge in [-0.25, -0.2) is 0 Å². The third kappa shape index (κ3) is 3.46. The number of carboxylic acid groups (broad SMARTS) is 1. The molecule has 0 aliphatic heterocycles. The minimum atomic E-state index is -0.817. The fourth-order valence-electron chi connectivity index (χ4n) is 1.21. The summed E-state index contributed by atoms with van der Waals surface area (Å²) in [5.74, 6) is -0.0207. The van der Waals surface area contributed by atoms with Gasteiger partial charge >= 0.3 is 5.97 Å². The molecule has 3 nitrogen and oxygen atoms in total. The van der Waals surface area contributed by atoms with Crippen molar-refractivity contribution in [3.63, 3.8) is 0 Å². The van der Waals surface area contributed by atoms with E-state index in [9.17, 15) is 4.79 Å². The minimum absolute atomic E-state index is 0.0534. The van der Waals surface area contributed by atoms with Crippen LogP contribution in [0, 0.1) is 0 Å². The molecule has 0 aliphatic carbocycles. The maximum Gasteiger partial charge on any atom is 0.307 e. The quantitative estimate of drug-likeness (QED) is 0.823. The first-order valence-electron chi connectivity index (χ1n) is 4.66. The van der Waals surface area contributed by atoms with E-state index < -0.39 is 5.97 Å². The van der Waals surface area contributed by atoms with Gasteiger partial charge in [0.2, 0.25) is 0 Å². The van der Waals surface area contributed by atoms with Gasteiger partial charge in [-0.05, 0) is 30.2 Å². The van der Waals surface area contributed by atoms with E-state index in [0.29, 0.717) is 0 Å². The van der Waals surface area contributed by atoms with Gasteiger partial charge in [0, 0.05) is 0 Å². The molecule has 1 aromatic rings. The average molecular weight is 206 g/mol. The molecule has 0 unspecified atom stereocenters. The molecule has 0 amide bonds. The van der Waals surface area contributed by atoms with E-state index in [1.165, 1.54) is 0 Å². The van der Waals surface area contributed by atoms with Gasteiger partial charge < -0.3 is 9.84 Å². The molecule has 0 atom stereocenters. The second kappa shape index (κ2) is 5.20. The molecule has 3 heteroatoms. The lowest BCUT2D eigenvalue weighted by Gasteiger charge is -2.03. The number of aliphatic carboxylic acids is 1. The molecule has 0 saturated heterocycles. The predicted molar refractivity (Wildman–Crippen MR) is 58.9 cm³/mol. The molecule has 0 bridgehead atoms. The molecule has 0 fully saturated rings. The van der Waals surface area contributed by atoms with E-state index in [1.54, 1.807) is 13.2 Å². The first-order valence-corrected chi connectivity index (χ1v) is 4.66. The van der Waals surface area contributed by atoms with E-state index in [0.717, 1.165) is 16.9 Å². The van der Waals surface area contributed by atoms with Gasteiger partial charge in [-0.15, -0.1) is 0 Å². The van der Waals surface area contributed by atoms with Crippen molar-refractivity contribution in [3.05, 3.63) is 35.9 Å². The molecule has 15 heavy (non-hydrogen) atoms. The number of methoxy groups -OCH3 is 1. The smallest absolute Gasteiger partial charge is 0.307 e. The van der Waals surface area contributed by atoms with E-state index in [-0.39, 0.29) is 6.42 Å².